The smallest absolute Gasteiger partial charge is 0.240 e. The van der Waals surface area contributed by atoms with Crippen LogP contribution in [0.5, 0.6) is 0 Å². The fraction of sp³-hybridized carbons (Fsp3) is 0.167. The zero-order valence-corrected chi connectivity index (χ0v) is 8.25. The average Bonchev–Trinajstić information content (AvgIpc) is 2.32. The quantitative estimate of drug-likeness (QED) is 0.578. The minimum Gasteiger partial charge on any atom is -0.293 e. The lowest BCUT2D eigenvalue weighted by Gasteiger charge is -1.92. The van der Waals surface area contributed by atoms with Gasteiger partial charge in [-0.3, -0.25) is 4.79 Å². The molecule has 0 saturated carbocycles. The minimum absolute atomic E-state index is 0.393. The number of rotatable bonds is 3. The van der Waals surface area contributed by atoms with Gasteiger partial charge in [0.15, 0.2) is 5.78 Å². The third kappa shape index (κ3) is 2.92. The second kappa shape index (κ2) is 3.55. The normalized spacial score (nSPS) is 11.4. The standard InChI is InChI=1S/C6H5ClO3S2/c7-12(9,10)4-6(8)5-1-2-11-3-5/h1-3H,4H2. The molecule has 0 N–H and O–H groups in total. The molecule has 0 aliphatic rings. The molecular formula is C6H5ClO3S2. The van der Waals surface area contributed by atoms with Crippen molar-refractivity contribution >= 4 is 36.9 Å². The highest BCUT2D eigenvalue weighted by molar-refractivity contribution is 8.14. The Balaban J connectivity index is 2.76. The largest absolute Gasteiger partial charge is 0.293 e. The SMILES string of the molecule is O=C(CS(=O)(=O)Cl)c1ccsc1. The molecule has 66 valence electrons. The number of carbonyl (C=O) groups excluding carboxylic acids is 1. The molecule has 6 heteroatoms. The Morgan fingerprint density at radius 3 is 2.67 bits per heavy atom. The molecule has 12 heavy (non-hydrogen) atoms. The lowest BCUT2D eigenvalue weighted by Crippen LogP contribution is -2.10. The van der Waals surface area contributed by atoms with E-state index in [2.05, 4.69) is 0 Å². The van der Waals surface area contributed by atoms with E-state index in [1.165, 1.54) is 11.3 Å². The molecule has 0 spiro atoms. The van der Waals surface area contributed by atoms with E-state index >= 15 is 0 Å². The molecule has 0 aliphatic heterocycles. The third-order valence-corrected chi connectivity index (χ3v) is 2.76. The molecule has 0 bridgehead atoms. The summed E-state index contributed by atoms with van der Waals surface area (Å²) < 4.78 is 21.0. The summed E-state index contributed by atoms with van der Waals surface area (Å²) in [5, 5.41) is 3.29. The summed E-state index contributed by atoms with van der Waals surface area (Å²) in [6.07, 6.45) is 0. The zero-order valence-electron chi connectivity index (χ0n) is 5.86. The second-order valence-corrected chi connectivity index (χ2v) is 5.68. The summed E-state index contributed by atoms with van der Waals surface area (Å²) in [5.41, 5.74) is 0.393. The molecular weight excluding hydrogens is 220 g/mol. The van der Waals surface area contributed by atoms with E-state index in [0.29, 0.717) is 5.56 Å². The molecule has 1 aromatic rings. The van der Waals surface area contributed by atoms with E-state index in [1.54, 1.807) is 16.8 Å². The van der Waals surface area contributed by atoms with Crippen LogP contribution < -0.4 is 0 Å². The van der Waals surface area contributed by atoms with Crippen molar-refractivity contribution in [3.05, 3.63) is 22.4 Å². The lowest BCUT2D eigenvalue weighted by atomic mass is 10.2. The summed E-state index contributed by atoms with van der Waals surface area (Å²) >= 11 is 1.34. The predicted octanol–water partition coefficient (Wildman–Crippen LogP) is 1.50. The Hall–Kier alpha value is -0.390. The molecule has 1 aromatic heterocycles. The number of halogens is 1. The Bertz CT molecular complexity index is 366. The van der Waals surface area contributed by atoms with Crippen LogP contribution in [0.2, 0.25) is 0 Å². The highest BCUT2D eigenvalue weighted by atomic mass is 35.7. The Morgan fingerprint density at radius 1 is 1.58 bits per heavy atom. The summed E-state index contributed by atoms with van der Waals surface area (Å²) in [7, 11) is 1.18. The maximum atomic E-state index is 11.1. The molecule has 0 unspecified atom stereocenters. The topological polar surface area (TPSA) is 51.2 Å². The van der Waals surface area contributed by atoms with Crippen molar-refractivity contribution in [2.45, 2.75) is 0 Å². The molecule has 1 heterocycles. The Kier molecular flexibility index (Phi) is 2.87. The van der Waals surface area contributed by atoms with Gasteiger partial charge in [0.2, 0.25) is 9.05 Å². The maximum absolute atomic E-state index is 11.1. The Labute approximate surface area is 78.4 Å². The molecule has 0 saturated heterocycles. The molecule has 0 atom stereocenters. The van der Waals surface area contributed by atoms with Crippen molar-refractivity contribution in [2.75, 3.05) is 5.75 Å². The molecule has 0 aliphatic carbocycles. The predicted molar refractivity (Wildman–Crippen MR) is 48.3 cm³/mol. The first kappa shape index (κ1) is 9.70. The Morgan fingerprint density at radius 2 is 2.25 bits per heavy atom. The van der Waals surface area contributed by atoms with Gasteiger partial charge < -0.3 is 0 Å². The van der Waals surface area contributed by atoms with Crippen LogP contribution in [0.3, 0.4) is 0 Å². The molecule has 0 fully saturated rings. The minimum atomic E-state index is -3.72. The van der Waals surface area contributed by atoms with Crippen LogP contribution >= 0.6 is 22.0 Å². The van der Waals surface area contributed by atoms with Gasteiger partial charge in [-0.15, -0.1) is 0 Å². The molecule has 0 aromatic carbocycles. The summed E-state index contributed by atoms with van der Waals surface area (Å²) in [6, 6.07) is 1.56. The van der Waals surface area contributed by atoms with Crippen molar-refractivity contribution in [3.63, 3.8) is 0 Å². The molecule has 3 nitrogen and oxygen atoms in total. The first-order valence-electron chi connectivity index (χ1n) is 2.97. The van der Waals surface area contributed by atoms with Crippen LogP contribution in [0.15, 0.2) is 16.8 Å². The van der Waals surface area contributed by atoms with Crippen molar-refractivity contribution in [1.29, 1.82) is 0 Å². The van der Waals surface area contributed by atoms with Gasteiger partial charge in [0.25, 0.3) is 0 Å². The maximum Gasteiger partial charge on any atom is 0.240 e. The van der Waals surface area contributed by atoms with Gasteiger partial charge in [-0.2, -0.15) is 11.3 Å². The molecule has 1 rings (SSSR count). The lowest BCUT2D eigenvalue weighted by molar-refractivity contribution is 0.102. The van der Waals surface area contributed by atoms with Crippen LogP contribution in [-0.4, -0.2) is 20.0 Å². The van der Waals surface area contributed by atoms with E-state index in [-0.39, 0.29) is 0 Å². The summed E-state index contributed by atoms with van der Waals surface area (Å²) in [6.45, 7) is 0. The van der Waals surface area contributed by atoms with Crippen LogP contribution in [0.1, 0.15) is 10.4 Å². The van der Waals surface area contributed by atoms with Crippen molar-refractivity contribution < 1.29 is 13.2 Å². The van der Waals surface area contributed by atoms with E-state index in [9.17, 15) is 13.2 Å². The van der Waals surface area contributed by atoms with Crippen LogP contribution in [-0.2, 0) is 9.05 Å². The summed E-state index contributed by atoms with van der Waals surface area (Å²) in [5.74, 6) is -1.10. The average molecular weight is 225 g/mol. The van der Waals surface area contributed by atoms with Gasteiger partial charge in [-0.25, -0.2) is 8.42 Å². The van der Waals surface area contributed by atoms with E-state index in [4.69, 9.17) is 10.7 Å². The van der Waals surface area contributed by atoms with E-state index in [1.807, 2.05) is 0 Å². The van der Waals surface area contributed by atoms with Gasteiger partial charge >= 0.3 is 0 Å². The summed E-state index contributed by atoms with van der Waals surface area (Å²) in [4.78, 5) is 11.1. The van der Waals surface area contributed by atoms with Crippen molar-refractivity contribution in [3.8, 4) is 0 Å². The highest BCUT2D eigenvalue weighted by Crippen LogP contribution is 2.09. The van der Waals surface area contributed by atoms with Gasteiger partial charge in [0, 0.05) is 21.6 Å². The van der Waals surface area contributed by atoms with Crippen LogP contribution in [0.25, 0.3) is 0 Å². The van der Waals surface area contributed by atoms with E-state index < -0.39 is 20.6 Å². The van der Waals surface area contributed by atoms with Gasteiger partial charge in [-0.05, 0) is 11.4 Å². The van der Waals surface area contributed by atoms with Crippen LogP contribution in [0, 0.1) is 0 Å². The fourth-order valence-corrected chi connectivity index (χ4v) is 2.10. The van der Waals surface area contributed by atoms with Crippen molar-refractivity contribution in [2.24, 2.45) is 0 Å². The van der Waals surface area contributed by atoms with Crippen molar-refractivity contribution in [1.82, 2.24) is 0 Å². The first-order valence-corrected chi connectivity index (χ1v) is 6.39. The van der Waals surface area contributed by atoms with Gasteiger partial charge in [-0.1, -0.05) is 0 Å². The number of hydrogen-bond acceptors (Lipinski definition) is 4. The highest BCUT2D eigenvalue weighted by Gasteiger charge is 2.14. The number of hydrogen-bond donors (Lipinski definition) is 0. The monoisotopic (exact) mass is 224 g/mol. The second-order valence-electron chi connectivity index (χ2n) is 2.12. The number of Topliss-reactive ketones (excluding diaryl/α,β-unsaturated/α-hetero) is 1. The number of thiophene rings is 1. The number of ketones is 1. The third-order valence-electron chi connectivity index (χ3n) is 1.15. The van der Waals surface area contributed by atoms with E-state index in [0.717, 1.165) is 0 Å². The number of carbonyl (C=O) groups is 1. The van der Waals surface area contributed by atoms with Crippen LogP contribution in [0.4, 0.5) is 0 Å². The molecule has 0 radical (unpaired) electrons. The zero-order chi connectivity index (χ0) is 9.19. The molecule has 0 amide bonds. The van der Waals surface area contributed by atoms with Gasteiger partial charge in [0.1, 0.15) is 5.75 Å². The van der Waals surface area contributed by atoms with Gasteiger partial charge in [0.05, 0.1) is 0 Å². The first-order chi connectivity index (χ1) is 5.49. The fourth-order valence-electron chi connectivity index (χ4n) is 0.663.